The molecule has 0 saturated heterocycles. The Balaban J connectivity index is 1.25. The molecule has 8 aromatic rings. The highest BCUT2D eigenvalue weighted by atomic mass is 14.3. The van der Waals surface area contributed by atoms with E-state index in [1.54, 1.807) is 0 Å². The second kappa shape index (κ2) is 9.93. The highest BCUT2D eigenvalue weighted by molar-refractivity contribution is 6.20. The van der Waals surface area contributed by atoms with Crippen molar-refractivity contribution >= 4 is 21.5 Å². The fourth-order valence-electron chi connectivity index (χ4n) is 7.18. The summed E-state index contributed by atoms with van der Waals surface area (Å²) in [4.78, 5) is 0. The van der Waals surface area contributed by atoms with Crippen LogP contribution in [0.25, 0.3) is 88.3 Å². The summed E-state index contributed by atoms with van der Waals surface area (Å²) < 4.78 is 0. The molecular weight excluding hydrogens is 528 g/mol. The Morgan fingerprint density at radius 1 is 0.227 bits per heavy atom. The standard InChI is InChI=1S/C44H28/c1-3-12-29(13-4-1)34-18-9-10-19-35(34)33-22-23-36-40-25-24-37(38-20-11-21-39(44(38)40)42(36)28-33)43-27-32-17-8-7-16-31(32)26-41(43)30-14-5-2-6-15-30/h1-28H. The first-order valence-electron chi connectivity index (χ1n) is 15.3. The molecule has 204 valence electrons. The summed E-state index contributed by atoms with van der Waals surface area (Å²) in [5.74, 6) is 0. The normalized spacial score (nSPS) is 11.6. The Bertz CT molecular complexity index is 2360. The highest BCUT2D eigenvalue weighted by Crippen LogP contribution is 2.51. The van der Waals surface area contributed by atoms with Crippen molar-refractivity contribution in [1.29, 1.82) is 0 Å². The van der Waals surface area contributed by atoms with Crippen LogP contribution in [0.5, 0.6) is 0 Å². The van der Waals surface area contributed by atoms with E-state index in [4.69, 9.17) is 0 Å². The van der Waals surface area contributed by atoms with Gasteiger partial charge in [0, 0.05) is 0 Å². The summed E-state index contributed by atoms with van der Waals surface area (Å²) in [5.41, 5.74) is 15.3. The van der Waals surface area contributed by atoms with Crippen molar-refractivity contribution in [3.05, 3.63) is 170 Å². The van der Waals surface area contributed by atoms with E-state index in [1.165, 1.54) is 88.3 Å². The van der Waals surface area contributed by atoms with Gasteiger partial charge in [-0.25, -0.2) is 0 Å². The van der Waals surface area contributed by atoms with Crippen molar-refractivity contribution in [2.24, 2.45) is 0 Å². The topological polar surface area (TPSA) is 0 Å². The number of hydrogen-bond donors (Lipinski definition) is 0. The van der Waals surface area contributed by atoms with Gasteiger partial charge in [0.2, 0.25) is 0 Å². The van der Waals surface area contributed by atoms with E-state index in [1.807, 2.05) is 0 Å². The molecular formula is C44H28. The van der Waals surface area contributed by atoms with Gasteiger partial charge in [-0.05, 0) is 107 Å². The van der Waals surface area contributed by atoms with E-state index in [9.17, 15) is 0 Å². The van der Waals surface area contributed by atoms with Crippen LogP contribution < -0.4 is 0 Å². The van der Waals surface area contributed by atoms with Crippen LogP contribution in [0.1, 0.15) is 0 Å². The Labute approximate surface area is 257 Å². The minimum atomic E-state index is 1.24. The van der Waals surface area contributed by atoms with E-state index in [2.05, 4.69) is 170 Å². The largest absolute Gasteiger partial charge is 0.0622 e. The fraction of sp³-hybridized carbons (Fsp3) is 0. The molecule has 0 aromatic heterocycles. The van der Waals surface area contributed by atoms with Gasteiger partial charge in [-0.3, -0.25) is 0 Å². The van der Waals surface area contributed by atoms with E-state index >= 15 is 0 Å². The first-order chi connectivity index (χ1) is 21.8. The molecule has 0 atom stereocenters. The maximum absolute atomic E-state index is 2.40. The number of rotatable bonds is 4. The van der Waals surface area contributed by atoms with Gasteiger partial charge in [-0.2, -0.15) is 0 Å². The predicted octanol–water partition coefficient (Wildman–Crippen LogP) is 12.3. The second-order valence-electron chi connectivity index (χ2n) is 11.7. The van der Waals surface area contributed by atoms with Crippen LogP contribution in [-0.4, -0.2) is 0 Å². The van der Waals surface area contributed by atoms with Crippen molar-refractivity contribution in [3.63, 3.8) is 0 Å². The molecule has 9 rings (SSSR count). The van der Waals surface area contributed by atoms with E-state index in [0.29, 0.717) is 0 Å². The molecule has 8 aromatic carbocycles. The molecule has 0 heterocycles. The van der Waals surface area contributed by atoms with E-state index in [-0.39, 0.29) is 0 Å². The Morgan fingerprint density at radius 3 is 1.45 bits per heavy atom. The molecule has 0 unspecified atom stereocenters. The van der Waals surface area contributed by atoms with Crippen molar-refractivity contribution in [1.82, 2.24) is 0 Å². The lowest BCUT2D eigenvalue weighted by atomic mass is 9.88. The molecule has 0 N–H and O–H groups in total. The number of hydrogen-bond acceptors (Lipinski definition) is 0. The van der Waals surface area contributed by atoms with Gasteiger partial charge in [-0.15, -0.1) is 0 Å². The molecule has 0 nitrogen and oxygen atoms in total. The molecule has 0 amide bonds. The molecule has 0 aliphatic heterocycles. The summed E-state index contributed by atoms with van der Waals surface area (Å²) >= 11 is 0. The summed E-state index contributed by atoms with van der Waals surface area (Å²) in [7, 11) is 0. The summed E-state index contributed by atoms with van der Waals surface area (Å²) in [6, 6.07) is 62.2. The van der Waals surface area contributed by atoms with Crippen molar-refractivity contribution in [2.75, 3.05) is 0 Å². The van der Waals surface area contributed by atoms with Crippen LogP contribution in [0.15, 0.2) is 170 Å². The molecule has 0 saturated carbocycles. The van der Waals surface area contributed by atoms with Crippen LogP contribution >= 0.6 is 0 Å². The monoisotopic (exact) mass is 556 g/mol. The zero-order valence-corrected chi connectivity index (χ0v) is 24.2. The van der Waals surface area contributed by atoms with Gasteiger partial charge in [0.25, 0.3) is 0 Å². The van der Waals surface area contributed by atoms with E-state index < -0.39 is 0 Å². The number of fused-ring (bicyclic) bond motifs is 4. The highest BCUT2D eigenvalue weighted by Gasteiger charge is 2.24. The maximum Gasteiger partial charge on any atom is -0.00201 e. The molecule has 0 bridgehead atoms. The van der Waals surface area contributed by atoms with Gasteiger partial charge in [0.1, 0.15) is 0 Å². The summed E-state index contributed by atoms with van der Waals surface area (Å²) in [6.45, 7) is 0. The van der Waals surface area contributed by atoms with Gasteiger partial charge in [-0.1, -0.05) is 152 Å². The summed E-state index contributed by atoms with van der Waals surface area (Å²) in [5, 5.41) is 5.17. The van der Waals surface area contributed by atoms with Crippen molar-refractivity contribution < 1.29 is 0 Å². The lowest BCUT2D eigenvalue weighted by Crippen LogP contribution is -1.89. The zero-order chi connectivity index (χ0) is 29.0. The average Bonchev–Trinajstić information content (AvgIpc) is 3.43. The smallest absolute Gasteiger partial charge is 0.00201 e. The average molecular weight is 557 g/mol. The third-order valence-electron chi connectivity index (χ3n) is 9.22. The van der Waals surface area contributed by atoms with Crippen LogP contribution in [0.2, 0.25) is 0 Å². The predicted molar refractivity (Wildman–Crippen MR) is 188 cm³/mol. The Hall–Kier alpha value is -5.72. The number of benzene rings is 8. The van der Waals surface area contributed by atoms with Crippen molar-refractivity contribution in [3.8, 4) is 66.8 Å². The molecule has 44 heavy (non-hydrogen) atoms. The Kier molecular flexibility index (Phi) is 5.61. The third kappa shape index (κ3) is 3.85. The van der Waals surface area contributed by atoms with E-state index in [0.717, 1.165) is 0 Å². The van der Waals surface area contributed by atoms with Crippen LogP contribution in [0.4, 0.5) is 0 Å². The van der Waals surface area contributed by atoms with Crippen molar-refractivity contribution in [2.45, 2.75) is 0 Å². The summed E-state index contributed by atoms with van der Waals surface area (Å²) in [6.07, 6.45) is 0. The molecule has 0 fully saturated rings. The second-order valence-corrected chi connectivity index (χ2v) is 11.7. The lowest BCUT2D eigenvalue weighted by Gasteiger charge is -2.16. The van der Waals surface area contributed by atoms with Gasteiger partial charge in [0.15, 0.2) is 0 Å². The first kappa shape index (κ1) is 24.8. The lowest BCUT2D eigenvalue weighted by molar-refractivity contribution is 1.58. The minimum absolute atomic E-state index is 1.24. The minimum Gasteiger partial charge on any atom is -0.0622 e. The molecule has 1 aliphatic carbocycles. The molecule has 0 spiro atoms. The van der Waals surface area contributed by atoms with Gasteiger partial charge in [0.05, 0.1) is 0 Å². The van der Waals surface area contributed by atoms with Crippen LogP contribution in [-0.2, 0) is 0 Å². The fourth-order valence-corrected chi connectivity index (χ4v) is 7.18. The Morgan fingerprint density at radius 2 is 0.727 bits per heavy atom. The molecule has 0 radical (unpaired) electrons. The SMILES string of the molecule is c1ccc(-c2ccccc2-c2ccc3c(c2)-c2cccc4c(-c5cc6ccccc6cc5-c5ccccc5)ccc-3c24)cc1. The van der Waals surface area contributed by atoms with Crippen LogP contribution in [0.3, 0.4) is 0 Å². The zero-order valence-electron chi connectivity index (χ0n) is 24.2. The molecule has 0 heteroatoms. The third-order valence-corrected chi connectivity index (χ3v) is 9.22. The quantitative estimate of drug-likeness (QED) is 0.202. The first-order valence-corrected chi connectivity index (χ1v) is 15.3. The van der Waals surface area contributed by atoms with Gasteiger partial charge < -0.3 is 0 Å². The maximum atomic E-state index is 2.40. The van der Waals surface area contributed by atoms with Crippen LogP contribution in [0, 0.1) is 0 Å². The molecule has 1 aliphatic rings. The van der Waals surface area contributed by atoms with Gasteiger partial charge >= 0.3 is 0 Å².